The van der Waals surface area contributed by atoms with Crippen LogP contribution in [-0.4, -0.2) is 5.78 Å². The third kappa shape index (κ3) is 4.61. The van der Waals surface area contributed by atoms with E-state index in [0.29, 0.717) is 22.9 Å². The van der Waals surface area contributed by atoms with E-state index in [2.05, 4.69) is 0 Å². The smallest absolute Gasteiger partial charge is 0.137 e. The van der Waals surface area contributed by atoms with Crippen LogP contribution >= 0.6 is 11.6 Å². The van der Waals surface area contributed by atoms with Gasteiger partial charge in [0.2, 0.25) is 0 Å². The van der Waals surface area contributed by atoms with Gasteiger partial charge < -0.3 is 0 Å². The van der Waals surface area contributed by atoms with Gasteiger partial charge in [0, 0.05) is 17.9 Å². The van der Waals surface area contributed by atoms with E-state index >= 15 is 0 Å². The lowest BCUT2D eigenvalue weighted by Crippen LogP contribution is -2.10. The van der Waals surface area contributed by atoms with Crippen molar-refractivity contribution >= 4 is 17.4 Å². The summed E-state index contributed by atoms with van der Waals surface area (Å²) in [5, 5.41) is 0.479. The summed E-state index contributed by atoms with van der Waals surface area (Å²) in [7, 11) is 0. The lowest BCUT2D eigenvalue weighted by Gasteiger charge is -2.20. The van der Waals surface area contributed by atoms with E-state index in [0.717, 1.165) is 6.42 Å². The first-order valence-corrected chi connectivity index (χ1v) is 7.48. The molecule has 0 amide bonds. The Morgan fingerprint density at radius 3 is 2.74 bits per heavy atom. The zero-order valence-electron chi connectivity index (χ0n) is 11.1. The minimum atomic E-state index is -0.334. The van der Waals surface area contributed by atoms with Crippen LogP contribution in [-0.2, 0) is 11.2 Å². The van der Waals surface area contributed by atoms with Crippen molar-refractivity contribution in [3.8, 4) is 0 Å². The Balaban J connectivity index is 1.81. The Kier molecular flexibility index (Phi) is 5.38. The molecular formula is C16H20ClFO. The number of carbonyl (C=O) groups is 1. The van der Waals surface area contributed by atoms with Gasteiger partial charge in [-0.3, -0.25) is 4.79 Å². The van der Waals surface area contributed by atoms with E-state index in [1.165, 1.54) is 50.3 Å². The molecule has 0 N–H and O–H groups in total. The average molecular weight is 283 g/mol. The van der Waals surface area contributed by atoms with Crippen molar-refractivity contribution in [2.75, 3.05) is 0 Å². The molecule has 104 valence electrons. The number of hydrogen-bond acceptors (Lipinski definition) is 1. The first kappa shape index (κ1) is 14.5. The molecule has 0 spiro atoms. The molecule has 0 radical (unpaired) electrons. The third-order valence-corrected chi connectivity index (χ3v) is 4.32. The summed E-state index contributed by atoms with van der Waals surface area (Å²) in [6.07, 6.45) is 8.28. The van der Waals surface area contributed by atoms with Gasteiger partial charge in [-0.05, 0) is 36.1 Å². The molecule has 2 rings (SSSR count). The number of halogens is 2. The standard InChI is InChI=1S/C16H20ClFO/c17-16-9-7-14(18)10-13(16)11-15(19)8-6-12-4-2-1-3-5-12/h7,9-10,12H,1-6,8,11H2. The number of rotatable bonds is 5. The molecule has 1 aromatic carbocycles. The second kappa shape index (κ2) is 7.04. The highest BCUT2D eigenvalue weighted by molar-refractivity contribution is 6.31. The molecule has 1 nitrogen and oxygen atoms in total. The van der Waals surface area contributed by atoms with Crippen LogP contribution in [0.25, 0.3) is 0 Å². The molecule has 19 heavy (non-hydrogen) atoms. The summed E-state index contributed by atoms with van der Waals surface area (Å²) in [6, 6.07) is 4.19. The van der Waals surface area contributed by atoms with Crippen LogP contribution in [0.5, 0.6) is 0 Å². The van der Waals surface area contributed by atoms with Crippen molar-refractivity contribution in [1.82, 2.24) is 0 Å². The summed E-state index contributed by atoms with van der Waals surface area (Å²) in [5.41, 5.74) is 0.607. The molecular weight excluding hydrogens is 263 g/mol. The SMILES string of the molecule is O=C(CCC1CCCCC1)Cc1cc(F)ccc1Cl. The zero-order valence-corrected chi connectivity index (χ0v) is 11.9. The van der Waals surface area contributed by atoms with Gasteiger partial charge in [-0.25, -0.2) is 4.39 Å². The van der Waals surface area contributed by atoms with Crippen molar-refractivity contribution in [3.05, 3.63) is 34.6 Å². The summed E-state index contributed by atoms with van der Waals surface area (Å²) in [4.78, 5) is 11.9. The summed E-state index contributed by atoms with van der Waals surface area (Å²) in [5.74, 6) is 0.540. The van der Waals surface area contributed by atoms with E-state index in [1.54, 1.807) is 0 Å². The van der Waals surface area contributed by atoms with Gasteiger partial charge in [-0.15, -0.1) is 0 Å². The van der Waals surface area contributed by atoms with Gasteiger partial charge >= 0.3 is 0 Å². The van der Waals surface area contributed by atoms with Gasteiger partial charge in [-0.1, -0.05) is 43.7 Å². The van der Waals surface area contributed by atoms with Gasteiger partial charge in [0.05, 0.1) is 0 Å². The fourth-order valence-corrected chi connectivity index (χ4v) is 3.00. The van der Waals surface area contributed by atoms with E-state index < -0.39 is 0 Å². The van der Waals surface area contributed by atoms with Crippen LogP contribution < -0.4 is 0 Å². The van der Waals surface area contributed by atoms with Crippen molar-refractivity contribution in [1.29, 1.82) is 0 Å². The number of hydrogen-bond donors (Lipinski definition) is 0. The molecule has 1 saturated carbocycles. The first-order chi connectivity index (χ1) is 9.15. The molecule has 3 heteroatoms. The Morgan fingerprint density at radius 1 is 1.26 bits per heavy atom. The van der Waals surface area contributed by atoms with Crippen LogP contribution in [0.2, 0.25) is 5.02 Å². The van der Waals surface area contributed by atoms with E-state index in [-0.39, 0.29) is 18.0 Å². The van der Waals surface area contributed by atoms with E-state index in [1.807, 2.05) is 0 Å². The third-order valence-electron chi connectivity index (χ3n) is 3.95. The van der Waals surface area contributed by atoms with Crippen LogP contribution in [0.1, 0.15) is 50.5 Å². The first-order valence-electron chi connectivity index (χ1n) is 7.11. The Labute approximate surface area is 119 Å². The maximum atomic E-state index is 13.1. The molecule has 1 aromatic rings. The van der Waals surface area contributed by atoms with Crippen molar-refractivity contribution in [2.24, 2.45) is 5.92 Å². The monoisotopic (exact) mass is 282 g/mol. The molecule has 0 atom stereocenters. The predicted molar refractivity (Wildman–Crippen MR) is 75.9 cm³/mol. The molecule has 0 unspecified atom stereocenters. The lowest BCUT2D eigenvalue weighted by atomic mass is 9.85. The highest BCUT2D eigenvalue weighted by Crippen LogP contribution is 2.27. The minimum absolute atomic E-state index is 0.165. The second-order valence-electron chi connectivity index (χ2n) is 5.49. The zero-order chi connectivity index (χ0) is 13.7. The van der Waals surface area contributed by atoms with Crippen LogP contribution in [0.15, 0.2) is 18.2 Å². The average Bonchev–Trinajstić information content (AvgIpc) is 2.42. The molecule has 0 aromatic heterocycles. The van der Waals surface area contributed by atoms with Gasteiger partial charge in [0.25, 0.3) is 0 Å². The quantitative estimate of drug-likeness (QED) is 0.747. The summed E-state index contributed by atoms with van der Waals surface area (Å²) >= 11 is 5.97. The number of Topliss-reactive ketones (excluding diaryl/α,β-unsaturated/α-hetero) is 1. The molecule has 1 aliphatic rings. The fraction of sp³-hybridized carbons (Fsp3) is 0.562. The van der Waals surface area contributed by atoms with E-state index in [4.69, 9.17) is 11.6 Å². The topological polar surface area (TPSA) is 17.1 Å². The van der Waals surface area contributed by atoms with Crippen LogP contribution in [0.4, 0.5) is 4.39 Å². The highest BCUT2D eigenvalue weighted by Gasteiger charge is 2.15. The van der Waals surface area contributed by atoms with Crippen molar-refractivity contribution in [2.45, 2.75) is 51.4 Å². The summed E-state index contributed by atoms with van der Waals surface area (Å²) in [6.45, 7) is 0. The minimum Gasteiger partial charge on any atom is -0.299 e. The number of carbonyl (C=O) groups excluding carboxylic acids is 1. The van der Waals surface area contributed by atoms with Gasteiger partial charge in [-0.2, -0.15) is 0 Å². The fourth-order valence-electron chi connectivity index (χ4n) is 2.82. The maximum Gasteiger partial charge on any atom is 0.137 e. The normalized spacial score (nSPS) is 16.5. The van der Waals surface area contributed by atoms with Crippen molar-refractivity contribution < 1.29 is 9.18 Å². The Morgan fingerprint density at radius 2 is 2.00 bits per heavy atom. The largest absolute Gasteiger partial charge is 0.299 e. The Bertz CT molecular complexity index is 438. The summed E-state index contributed by atoms with van der Waals surface area (Å²) < 4.78 is 13.1. The molecule has 1 fully saturated rings. The van der Waals surface area contributed by atoms with Gasteiger partial charge in [0.15, 0.2) is 0 Å². The predicted octanol–water partition coefficient (Wildman–Crippen LogP) is 4.95. The Hall–Kier alpha value is -0.890. The second-order valence-corrected chi connectivity index (χ2v) is 5.90. The molecule has 0 saturated heterocycles. The van der Waals surface area contributed by atoms with Crippen molar-refractivity contribution in [3.63, 3.8) is 0 Å². The number of ketones is 1. The van der Waals surface area contributed by atoms with Gasteiger partial charge in [0.1, 0.15) is 11.6 Å². The van der Waals surface area contributed by atoms with Crippen LogP contribution in [0.3, 0.4) is 0 Å². The van der Waals surface area contributed by atoms with E-state index in [9.17, 15) is 9.18 Å². The molecule has 0 aliphatic heterocycles. The molecule has 0 bridgehead atoms. The lowest BCUT2D eigenvalue weighted by molar-refractivity contribution is -0.118. The van der Waals surface area contributed by atoms with Crippen LogP contribution in [0, 0.1) is 11.7 Å². The maximum absolute atomic E-state index is 13.1. The number of benzene rings is 1. The molecule has 0 heterocycles. The molecule has 1 aliphatic carbocycles. The highest BCUT2D eigenvalue weighted by atomic mass is 35.5.